The second-order valence-corrected chi connectivity index (χ2v) is 6.96. The number of para-hydroxylation sites is 2. The molecule has 2 heterocycles. The molecule has 2 aromatic heterocycles. The smallest absolute Gasteiger partial charge is 0.269 e. The van der Waals surface area contributed by atoms with Crippen molar-refractivity contribution in [2.75, 3.05) is 0 Å². The molecule has 0 saturated carbocycles. The van der Waals surface area contributed by atoms with E-state index in [2.05, 4.69) is 24.1 Å². The van der Waals surface area contributed by atoms with Crippen LogP contribution in [0.25, 0.3) is 11.0 Å². The monoisotopic (exact) mass is 341 g/mol. The van der Waals surface area contributed by atoms with Crippen LogP contribution in [0.2, 0.25) is 0 Å². The molecule has 0 unspecified atom stereocenters. The van der Waals surface area contributed by atoms with Gasteiger partial charge >= 0.3 is 0 Å². The SMILES string of the molecule is CC(C)[C@@H](NC(=O)Cn1c(=O)cnc2ccccc21)c1cccs1. The van der Waals surface area contributed by atoms with E-state index in [0.29, 0.717) is 11.0 Å². The van der Waals surface area contributed by atoms with Crippen molar-refractivity contribution in [2.45, 2.75) is 26.4 Å². The van der Waals surface area contributed by atoms with Gasteiger partial charge in [0.1, 0.15) is 6.54 Å². The van der Waals surface area contributed by atoms with E-state index in [1.165, 1.54) is 10.8 Å². The van der Waals surface area contributed by atoms with Gasteiger partial charge in [-0.15, -0.1) is 11.3 Å². The van der Waals surface area contributed by atoms with Crippen molar-refractivity contribution in [1.29, 1.82) is 0 Å². The number of hydrogen-bond acceptors (Lipinski definition) is 4. The van der Waals surface area contributed by atoms with Crippen LogP contribution in [-0.4, -0.2) is 15.5 Å². The summed E-state index contributed by atoms with van der Waals surface area (Å²) in [6.07, 6.45) is 1.26. The number of carbonyl (C=O) groups excluding carboxylic acids is 1. The predicted molar refractivity (Wildman–Crippen MR) is 96.0 cm³/mol. The fourth-order valence-electron chi connectivity index (χ4n) is 2.68. The average molecular weight is 341 g/mol. The van der Waals surface area contributed by atoms with Crippen molar-refractivity contribution in [2.24, 2.45) is 5.92 Å². The van der Waals surface area contributed by atoms with Crippen LogP contribution in [0, 0.1) is 5.92 Å². The van der Waals surface area contributed by atoms with Gasteiger partial charge in [0.25, 0.3) is 5.56 Å². The van der Waals surface area contributed by atoms with Gasteiger partial charge in [-0.25, -0.2) is 4.98 Å². The minimum absolute atomic E-state index is 0.0174. The Balaban J connectivity index is 1.85. The van der Waals surface area contributed by atoms with Crippen LogP contribution in [-0.2, 0) is 11.3 Å². The van der Waals surface area contributed by atoms with Crippen LogP contribution in [0.4, 0.5) is 0 Å². The Kier molecular flexibility index (Phi) is 4.76. The molecule has 1 amide bonds. The molecule has 124 valence electrons. The second-order valence-electron chi connectivity index (χ2n) is 5.98. The van der Waals surface area contributed by atoms with Gasteiger partial charge in [-0.2, -0.15) is 0 Å². The lowest BCUT2D eigenvalue weighted by molar-refractivity contribution is -0.122. The standard InChI is InChI=1S/C18H19N3O2S/c1-12(2)18(15-8-5-9-24-15)20-16(22)11-21-14-7-4-3-6-13(14)19-10-17(21)23/h3-10,12,18H,11H2,1-2H3,(H,20,22)/t18-/m1/s1. The van der Waals surface area contributed by atoms with Gasteiger partial charge in [0.15, 0.2) is 0 Å². The molecule has 0 bridgehead atoms. The molecule has 6 heteroatoms. The average Bonchev–Trinajstić information content (AvgIpc) is 3.09. The molecule has 0 fully saturated rings. The fourth-order valence-corrected chi connectivity index (χ4v) is 3.62. The number of benzene rings is 1. The molecule has 0 spiro atoms. The summed E-state index contributed by atoms with van der Waals surface area (Å²) in [5, 5.41) is 5.05. The van der Waals surface area contributed by atoms with E-state index >= 15 is 0 Å². The molecule has 0 aliphatic carbocycles. The van der Waals surface area contributed by atoms with Crippen molar-refractivity contribution in [1.82, 2.24) is 14.9 Å². The van der Waals surface area contributed by atoms with Crippen molar-refractivity contribution in [3.63, 3.8) is 0 Å². The Hall–Kier alpha value is -2.47. The van der Waals surface area contributed by atoms with E-state index in [-0.39, 0.29) is 30.0 Å². The Morgan fingerprint density at radius 1 is 1.25 bits per heavy atom. The van der Waals surface area contributed by atoms with Crippen molar-refractivity contribution < 1.29 is 4.79 Å². The van der Waals surface area contributed by atoms with Crippen LogP contribution in [0.1, 0.15) is 24.8 Å². The lowest BCUT2D eigenvalue weighted by Crippen LogP contribution is -2.36. The summed E-state index contributed by atoms with van der Waals surface area (Å²) in [5.74, 6) is 0.0825. The van der Waals surface area contributed by atoms with E-state index in [4.69, 9.17) is 0 Å². The second kappa shape index (κ2) is 6.97. The molecule has 5 nitrogen and oxygen atoms in total. The minimum atomic E-state index is -0.277. The molecule has 3 aromatic rings. The fraction of sp³-hybridized carbons (Fsp3) is 0.278. The summed E-state index contributed by atoms with van der Waals surface area (Å²) >= 11 is 1.62. The third kappa shape index (κ3) is 3.38. The number of aromatic nitrogens is 2. The van der Waals surface area contributed by atoms with Crippen molar-refractivity contribution in [3.8, 4) is 0 Å². The third-order valence-electron chi connectivity index (χ3n) is 3.89. The molecule has 0 aliphatic rings. The number of carbonyl (C=O) groups is 1. The molecule has 0 aliphatic heterocycles. The predicted octanol–water partition coefficient (Wildman–Crippen LogP) is 2.97. The van der Waals surface area contributed by atoms with Crippen LogP contribution in [0.3, 0.4) is 0 Å². The van der Waals surface area contributed by atoms with Crippen molar-refractivity contribution >= 4 is 28.3 Å². The summed E-state index contributed by atoms with van der Waals surface area (Å²) in [6.45, 7) is 4.12. The largest absolute Gasteiger partial charge is 0.347 e. The number of nitrogens with one attached hydrogen (secondary N) is 1. The summed E-state index contributed by atoms with van der Waals surface area (Å²) in [7, 11) is 0. The zero-order valence-electron chi connectivity index (χ0n) is 13.6. The highest BCUT2D eigenvalue weighted by Gasteiger charge is 2.20. The quantitative estimate of drug-likeness (QED) is 0.776. The normalized spacial score (nSPS) is 12.5. The molecule has 0 saturated heterocycles. The minimum Gasteiger partial charge on any atom is -0.347 e. The summed E-state index contributed by atoms with van der Waals surface area (Å²) < 4.78 is 1.46. The third-order valence-corrected chi connectivity index (χ3v) is 4.84. The zero-order chi connectivity index (χ0) is 17.1. The maximum absolute atomic E-state index is 12.5. The highest BCUT2D eigenvalue weighted by molar-refractivity contribution is 7.10. The molecule has 0 radical (unpaired) electrons. The van der Waals surface area contributed by atoms with Gasteiger partial charge in [0, 0.05) is 4.88 Å². The molecule has 3 rings (SSSR count). The first-order chi connectivity index (χ1) is 11.6. The summed E-state index contributed by atoms with van der Waals surface area (Å²) in [4.78, 5) is 29.9. The van der Waals surface area contributed by atoms with Crippen LogP contribution >= 0.6 is 11.3 Å². The van der Waals surface area contributed by atoms with E-state index in [0.717, 1.165) is 4.88 Å². The number of fused-ring (bicyclic) bond motifs is 1. The van der Waals surface area contributed by atoms with E-state index in [1.807, 2.05) is 35.7 Å². The van der Waals surface area contributed by atoms with Gasteiger partial charge < -0.3 is 5.32 Å². The van der Waals surface area contributed by atoms with Crippen LogP contribution in [0.15, 0.2) is 52.8 Å². The van der Waals surface area contributed by atoms with Gasteiger partial charge in [-0.05, 0) is 29.5 Å². The Bertz CT molecular complexity index is 900. The highest BCUT2D eigenvalue weighted by atomic mass is 32.1. The Labute approximate surface area is 144 Å². The van der Waals surface area contributed by atoms with E-state index in [1.54, 1.807) is 17.4 Å². The van der Waals surface area contributed by atoms with E-state index in [9.17, 15) is 9.59 Å². The maximum Gasteiger partial charge on any atom is 0.269 e. The molecule has 1 N–H and O–H groups in total. The number of rotatable bonds is 5. The molecule has 1 atom stereocenters. The van der Waals surface area contributed by atoms with E-state index < -0.39 is 0 Å². The topological polar surface area (TPSA) is 64.0 Å². The van der Waals surface area contributed by atoms with Gasteiger partial charge in [0.2, 0.25) is 5.91 Å². The van der Waals surface area contributed by atoms with Gasteiger partial charge in [0.05, 0.1) is 23.3 Å². The number of nitrogens with zero attached hydrogens (tertiary/aromatic N) is 2. The first kappa shape index (κ1) is 16.4. The van der Waals surface area contributed by atoms with Gasteiger partial charge in [-0.1, -0.05) is 32.0 Å². The number of hydrogen-bond donors (Lipinski definition) is 1. The first-order valence-electron chi connectivity index (χ1n) is 7.83. The van der Waals surface area contributed by atoms with Crippen LogP contribution in [0.5, 0.6) is 0 Å². The first-order valence-corrected chi connectivity index (χ1v) is 8.71. The molecule has 24 heavy (non-hydrogen) atoms. The Morgan fingerprint density at radius 3 is 2.75 bits per heavy atom. The summed E-state index contributed by atoms with van der Waals surface area (Å²) in [6, 6.07) is 11.3. The molecular weight excluding hydrogens is 322 g/mol. The number of amides is 1. The molecule has 1 aromatic carbocycles. The van der Waals surface area contributed by atoms with Gasteiger partial charge in [-0.3, -0.25) is 14.2 Å². The molecular formula is C18H19N3O2S. The van der Waals surface area contributed by atoms with Crippen LogP contribution < -0.4 is 10.9 Å². The number of thiophene rings is 1. The van der Waals surface area contributed by atoms with Crippen molar-refractivity contribution in [3.05, 3.63) is 63.2 Å². The maximum atomic E-state index is 12.5. The summed E-state index contributed by atoms with van der Waals surface area (Å²) in [5.41, 5.74) is 1.09. The lowest BCUT2D eigenvalue weighted by atomic mass is 10.0. The Morgan fingerprint density at radius 2 is 2.04 bits per heavy atom. The zero-order valence-corrected chi connectivity index (χ0v) is 14.4. The highest BCUT2D eigenvalue weighted by Crippen LogP contribution is 2.25. The lowest BCUT2D eigenvalue weighted by Gasteiger charge is -2.21.